The summed E-state index contributed by atoms with van der Waals surface area (Å²) in [5.74, 6) is 0.00679. The van der Waals surface area contributed by atoms with Crippen molar-refractivity contribution in [3.8, 4) is 5.69 Å². The van der Waals surface area contributed by atoms with Gasteiger partial charge in [-0.1, -0.05) is 41.3 Å². The summed E-state index contributed by atoms with van der Waals surface area (Å²) >= 11 is 2.53. The second-order valence-corrected chi connectivity index (χ2v) is 6.02. The van der Waals surface area contributed by atoms with Crippen LogP contribution in [-0.2, 0) is 4.79 Å². The molecule has 0 unspecified atom stereocenters. The number of amides is 1. The van der Waals surface area contributed by atoms with Gasteiger partial charge in [-0.2, -0.15) is 4.68 Å². The Kier molecular flexibility index (Phi) is 4.39. The van der Waals surface area contributed by atoms with Gasteiger partial charge in [0.25, 0.3) is 0 Å². The molecule has 8 nitrogen and oxygen atoms in total. The molecule has 0 saturated heterocycles. The van der Waals surface area contributed by atoms with Crippen LogP contribution in [-0.4, -0.2) is 42.1 Å². The smallest absolute Gasteiger partial charge is 0.236 e. The van der Waals surface area contributed by atoms with E-state index in [4.69, 9.17) is 0 Å². The van der Waals surface area contributed by atoms with Crippen molar-refractivity contribution in [2.24, 2.45) is 0 Å². The third kappa shape index (κ3) is 3.28. The van der Waals surface area contributed by atoms with E-state index in [9.17, 15) is 4.79 Å². The zero-order valence-electron chi connectivity index (χ0n) is 11.5. The number of nitrogens with one attached hydrogen (secondary N) is 1. The van der Waals surface area contributed by atoms with Crippen molar-refractivity contribution in [2.45, 2.75) is 12.1 Å². The van der Waals surface area contributed by atoms with Crippen molar-refractivity contribution in [1.29, 1.82) is 0 Å². The summed E-state index contributed by atoms with van der Waals surface area (Å²) in [6.45, 7) is 1.98. The lowest BCUT2D eigenvalue weighted by Gasteiger charge is -2.06. The van der Waals surface area contributed by atoms with Gasteiger partial charge in [0.1, 0.15) is 5.51 Å². The molecule has 22 heavy (non-hydrogen) atoms. The van der Waals surface area contributed by atoms with Gasteiger partial charge in [-0.05, 0) is 29.0 Å². The maximum atomic E-state index is 11.8. The highest BCUT2D eigenvalue weighted by molar-refractivity contribution is 7.99. The minimum absolute atomic E-state index is 0.180. The summed E-state index contributed by atoms with van der Waals surface area (Å²) in [7, 11) is 0. The highest BCUT2D eigenvalue weighted by Crippen LogP contribution is 2.20. The van der Waals surface area contributed by atoms with Crippen LogP contribution in [0.2, 0.25) is 0 Å². The summed E-state index contributed by atoms with van der Waals surface area (Å²) in [6.07, 6.45) is 0. The zero-order valence-corrected chi connectivity index (χ0v) is 13.1. The number of aryl methyl sites for hydroxylation is 1. The fraction of sp³-hybridized carbons (Fsp3) is 0.167. The third-order valence-electron chi connectivity index (χ3n) is 2.72. The van der Waals surface area contributed by atoms with Gasteiger partial charge < -0.3 is 0 Å². The molecule has 0 fully saturated rings. The van der Waals surface area contributed by atoms with Gasteiger partial charge in [-0.3, -0.25) is 10.1 Å². The molecule has 3 rings (SSSR count). The summed E-state index contributed by atoms with van der Waals surface area (Å²) in [5.41, 5.74) is 3.50. The number of thioether (sulfide) groups is 1. The van der Waals surface area contributed by atoms with E-state index in [0.29, 0.717) is 10.3 Å². The number of nitrogens with zero attached hydrogens (tertiary/aromatic N) is 6. The predicted octanol–water partition coefficient (Wildman–Crippen LogP) is 1.55. The molecule has 2 aromatic heterocycles. The molecule has 0 saturated carbocycles. The highest BCUT2D eigenvalue weighted by Gasteiger charge is 2.13. The Hall–Kier alpha value is -2.33. The zero-order chi connectivity index (χ0) is 15.4. The Morgan fingerprint density at radius 2 is 2.23 bits per heavy atom. The number of hydrogen-bond donors (Lipinski definition) is 1. The Bertz CT molecular complexity index is 771. The van der Waals surface area contributed by atoms with E-state index in [1.165, 1.54) is 23.1 Å². The molecule has 0 bridgehead atoms. The third-order valence-corrected chi connectivity index (χ3v) is 4.25. The number of carbonyl (C=O) groups excluding carboxylic acids is 1. The van der Waals surface area contributed by atoms with E-state index in [-0.39, 0.29) is 11.7 Å². The molecule has 0 aliphatic rings. The molecule has 0 spiro atoms. The van der Waals surface area contributed by atoms with Crippen molar-refractivity contribution >= 4 is 34.1 Å². The number of rotatable bonds is 5. The quantitative estimate of drug-likeness (QED) is 0.707. The van der Waals surface area contributed by atoms with Crippen LogP contribution in [0.4, 0.5) is 5.13 Å². The first kappa shape index (κ1) is 14.6. The standard InChI is InChI=1S/C12H11N7OS2/c1-8-4-2-3-5-9(8)19-12(16-17-18-19)21-6-10(20)14-11-15-13-7-22-11/h2-5,7H,6H2,1H3,(H,14,15,20). The van der Waals surface area contributed by atoms with Crippen LogP contribution in [0.1, 0.15) is 5.56 Å². The van der Waals surface area contributed by atoms with Crippen molar-refractivity contribution in [1.82, 2.24) is 30.4 Å². The fourth-order valence-electron chi connectivity index (χ4n) is 1.73. The van der Waals surface area contributed by atoms with Crippen LogP contribution in [0.3, 0.4) is 0 Å². The van der Waals surface area contributed by atoms with Crippen LogP contribution in [0.15, 0.2) is 34.9 Å². The first-order chi connectivity index (χ1) is 10.7. The van der Waals surface area contributed by atoms with Crippen LogP contribution in [0.25, 0.3) is 5.69 Å². The number of aromatic nitrogens is 6. The second kappa shape index (κ2) is 6.62. The minimum atomic E-state index is -0.180. The van der Waals surface area contributed by atoms with Gasteiger partial charge in [0.05, 0.1) is 11.4 Å². The molecule has 0 atom stereocenters. The second-order valence-electron chi connectivity index (χ2n) is 4.24. The number of tetrazole rings is 1. The number of benzene rings is 1. The van der Waals surface area contributed by atoms with Crippen LogP contribution in [0.5, 0.6) is 0 Å². The molecule has 0 aliphatic carbocycles. The van der Waals surface area contributed by atoms with Crippen molar-refractivity contribution in [3.05, 3.63) is 35.3 Å². The Balaban J connectivity index is 1.68. The molecular formula is C12H11N7OS2. The first-order valence-corrected chi connectivity index (χ1v) is 8.14. The van der Waals surface area contributed by atoms with E-state index in [1.807, 2.05) is 31.2 Å². The SMILES string of the molecule is Cc1ccccc1-n1nnnc1SCC(=O)Nc1nncs1. The van der Waals surface area contributed by atoms with Gasteiger partial charge in [0.2, 0.25) is 16.2 Å². The van der Waals surface area contributed by atoms with Gasteiger partial charge >= 0.3 is 0 Å². The van der Waals surface area contributed by atoms with Gasteiger partial charge in [0.15, 0.2) is 0 Å². The highest BCUT2D eigenvalue weighted by atomic mass is 32.2. The number of hydrogen-bond acceptors (Lipinski definition) is 8. The average molecular weight is 333 g/mol. The number of anilines is 1. The molecule has 2 heterocycles. The summed E-state index contributed by atoms with van der Waals surface area (Å²) in [5, 5.41) is 22.7. The molecule has 1 N–H and O–H groups in total. The van der Waals surface area contributed by atoms with Gasteiger partial charge in [-0.25, -0.2) is 0 Å². The molecule has 3 aromatic rings. The van der Waals surface area contributed by atoms with E-state index in [0.717, 1.165) is 11.3 Å². The molecule has 1 amide bonds. The van der Waals surface area contributed by atoms with E-state index < -0.39 is 0 Å². The van der Waals surface area contributed by atoms with Crippen LogP contribution in [0, 0.1) is 6.92 Å². The normalized spacial score (nSPS) is 10.6. The lowest BCUT2D eigenvalue weighted by Crippen LogP contribution is -2.14. The number of para-hydroxylation sites is 1. The van der Waals surface area contributed by atoms with E-state index in [2.05, 4.69) is 31.0 Å². The van der Waals surface area contributed by atoms with Gasteiger partial charge in [0, 0.05) is 0 Å². The van der Waals surface area contributed by atoms with E-state index >= 15 is 0 Å². The molecule has 0 aliphatic heterocycles. The minimum Gasteiger partial charge on any atom is -0.300 e. The number of carbonyl (C=O) groups is 1. The lowest BCUT2D eigenvalue weighted by molar-refractivity contribution is -0.113. The Labute approximate surface area is 134 Å². The largest absolute Gasteiger partial charge is 0.300 e. The fourth-order valence-corrected chi connectivity index (χ4v) is 2.88. The summed E-state index contributed by atoms with van der Waals surface area (Å²) in [6, 6.07) is 7.77. The lowest BCUT2D eigenvalue weighted by atomic mass is 10.2. The summed E-state index contributed by atoms with van der Waals surface area (Å²) < 4.78 is 1.62. The summed E-state index contributed by atoms with van der Waals surface area (Å²) in [4.78, 5) is 11.8. The van der Waals surface area contributed by atoms with Gasteiger partial charge in [-0.15, -0.1) is 15.3 Å². The van der Waals surface area contributed by atoms with Crippen LogP contribution >= 0.6 is 23.1 Å². The van der Waals surface area contributed by atoms with Crippen molar-refractivity contribution in [3.63, 3.8) is 0 Å². The van der Waals surface area contributed by atoms with Crippen LogP contribution < -0.4 is 5.32 Å². The molecule has 1 aromatic carbocycles. The Morgan fingerprint density at radius 3 is 3.00 bits per heavy atom. The maximum Gasteiger partial charge on any atom is 0.236 e. The van der Waals surface area contributed by atoms with Crippen molar-refractivity contribution < 1.29 is 4.79 Å². The molecule has 10 heteroatoms. The van der Waals surface area contributed by atoms with Crippen molar-refractivity contribution in [2.75, 3.05) is 11.1 Å². The predicted molar refractivity (Wildman–Crippen MR) is 83.2 cm³/mol. The molecular weight excluding hydrogens is 322 g/mol. The van der Waals surface area contributed by atoms with E-state index in [1.54, 1.807) is 10.2 Å². The molecule has 0 radical (unpaired) electrons. The average Bonchev–Trinajstić information content (AvgIpc) is 3.17. The first-order valence-electron chi connectivity index (χ1n) is 6.27. The topological polar surface area (TPSA) is 98.5 Å². The monoisotopic (exact) mass is 333 g/mol. The molecule has 112 valence electrons. The Morgan fingerprint density at radius 1 is 1.36 bits per heavy atom. The maximum absolute atomic E-state index is 11.8.